The molecule has 2 nitrogen and oxygen atoms in total. The van der Waals surface area contributed by atoms with Crippen molar-refractivity contribution >= 4 is 0 Å². The van der Waals surface area contributed by atoms with Crippen LogP contribution in [0.2, 0.25) is 0 Å². The van der Waals surface area contributed by atoms with Gasteiger partial charge in [-0.1, -0.05) is 20.8 Å². The van der Waals surface area contributed by atoms with Gasteiger partial charge in [0.25, 0.3) is 0 Å². The van der Waals surface area contributed by atoms with Gasteiger partial charge in [-0.3, -0.25) is 0 Å². The van der Waals surface area contributed by atoms with Crippen molar-refractivity contribution < 1.29 is 9.47 Å². The summed E-state index contributed by atoms with van der Waals surface area (Å²) in [4.78, 5) is 0. The fraction of sp³-hybridized carbons (Fsp3) is 1.00. The zero-order valence-electron chi connectivity index (χ0n) is 9.58. The Balaban J connectivity index is 2.04. The molecule has 0 aromatic heterocycles. The number of ether oxygens (including phenoxy) is 2. The number of hydrogen-bond acceptors (Lipinski definition) is 2. The summed E-state index contributed by atoms with van der Waals surface area (Å²) < 4.78 is 11.6. The van der Waals surface area contributed by atoms with Crippen molar-refractivity contribution in [2.24, 2.45) is 17.8 Å². The molecule has 0 radical (unpaired) electrons. The smallest absolute Gasteiger partial charge is 0.168 e. The molecule has 1 heterocycles. The highest BCUT2D eigenvalue weighted by Gasteiger charge is 2.44. The lowest BCUT2D eigenvalue weighted by Gasteiger charge is -2.41. The van der Waals surface area contributed by atoms with Crippen molar-refractivity contribution in [3.05, 3.63) is 0 Å². The fourth-order valence-electron chi connectivity index (χ4n) is 2.98. The van der Waals surface area contributed by atoms with Gasteiger partial charge in [0.2, 0.25) is 0 Å². The molecular weight excluding hydrogens is 176 g/mol. The second-order valence-electron chi connectivity index (χ2n) is 5.24. The van der Waals surface area contributed by atoms with Crippen molar-refractivity contribution in [2.45, 2.75) is 45.8 Å². The van der Waals surface area contributed by atoms with Gasteiger partial charge in [0.15, 0.2) is 5.79 Å². The summed E-state index contributed by atoms with van der Waals surface area (Å²) >= 11 is 0. The molecular formula is C12H22O2. The van der Waals surface area contributed by atoms with Crippen LogP contribution < -0.4 is 0 Å². The molecule has 0 bridgehead atoms. The zero-order chi connectivity index (χ0) is 10.2. The van der Waals surface area contributed by atoms with Gasteiger partial charge in [-0.25, -0.2) is 0 Å². The van der Waals surface area contributed by atoms with Gasteiger partial charge in [-0.05, 0) is 24.2 Å². The summed E-state index contributed by atoms with van der Waals surface area (Å²) in [6, 6.07) is 0. The van der Waals surface area contributed by atoms with Crippen LogP contribution in [0.15, 0.2) is 0 Å². The van der Waals surface area contributed by atoms with E-state index in [1.165, 1.54) is 6.42 Å². The van der Waals surface area contributed by atoms with E-state index in [0.717, 1.165) is 43.8 Å². The monoisotopic (exact) mass is 198 g/mol. The molecule has 2 atom stereocenters. The van der Waals surface area contributed by atoms with Gasteiger partial charge in [-0.15, -0.1) is 0 Å². The zero-order valence-corrected chi connectivity index (χ0v) is 9.58. The minimum Gasteiger partial charge on any atom is -0.348 e. The highest BCUT2D eigenvalue weighted by atomic mass is 16.7. The standard InChI is InChI=1S/C12H22O2/c1-9(2)11-8-12(5-4-10(11)3)13-6-7-14-12/h9-11H,4-8H2,1-3H3. The quantitative estimate of drug-likeness (QED) is 0.645. The molecule has 14 heavy (non-hydrogen) atoms. The number of rotatable bonds is 1. The van der Waals surface area contributed by atoms with E-state index < -0.39 is 0 Å². The Bertz CT molecular complexity index is 194. The van der Waals surface area contributed by atoms with Gasteiger partial charge in [0.05, 0.1) is 13.2 Å². The maximum Gasteiger partial charge on any atom is 0.168 e. The van der Waals surface area contributed by atoms with Crippen LogP contribution in [0.5, 0.6) is 0 Å². The lowest BCUT2D eigenvalue weighted by molar-refractivity contribution is -0.197. The van der Waals surface area contributed by atoms with E-state index in [1.54, 1.807) is 0 Å². The van der Waals surface area contributed by atoms with Crippen LogP contribution >= 0.6 is 0 Å². The molecule has 2 aliphatic rings. The SMILES string of the molecule is CC(C)C1CC2(CCC1C)OCCO2. The lowest BCUT2D eigenvalue weighted by atomic mass is 9.72. The van der Waals surface area contributed by atoms with Gasteiger partial charge >= 0.3 is 0 Å². The second-order valence-corrected chi connectivity index (χ2v) is 5.24. The minimum absolute atomic E-state index is 0.193. The molecule has 1 aliphatic heterocycles. The van der Waals surface area contributed by atoms with Crippen molar-refractivity contribution in [1.29, 1.82) is 0 Å². The maximum absolute atomic E-state index is 5.79. The summed E-state index contributed by atoms with van der Waals surface area (Å²) in [6.45, 7) is 8.58. The molecule has 0 amide bonds. The van der Waals surface area contributed by atoms with Crippen LogP contribution in [-0.2, 0) is 9.47 Å². The molecule has 82 valence electrons. The molecule has 1 saturated carbocycles. The van der Waals surface area contributed by atoms with Crippen molar-refractivity contribution in [1.82, 2.24) is 0 Å². The summed E-state index contributed by atoms with van der Waals surface area (Å²) in [7, 11) is 0. The topological polar surface area (TPSA) is 18.5 Å². The predicted octanol–water partition coefficient (Wildman–Crippen LogP) is 2.82. The third-order valence-electron chi connectivity index (χ3n) is 3.93. The Labute approximate surface area is 87.0 Å². The lowest BCUT2D eigenvalue weighted by Crippen LogP contribution is -2.41. The second kappa shape index (κ2) is 3.82. The van der Waals surface area contributed by atoms with E-state index in [-0.39, 0.29) is 5.79 Å². The predicted molar refractivity (Wildman–Crippen MR) is 56.0 cm³/mol. The van der Waals surface area contributed by atoms with Crippen LogP contribution in [0.1, 0.15) is 40.0 Å². The Morgan fingerprint density at radius 1 is 1.21 bits per heavy atom. The maximum atomic E-state index is 5.79. The Hall–Kier alpha value is -0.0800. The first-order valence-corrected chi connectivity index (χ1v) is 5.91. The van der Waals surface area contributed by atoms with E-state index >= 15 is 0 Å². The Kier molecular flexibility index (Phi) is 2.85. The molecule has 1 saturated heterocycles. The first kappa shape index (κ1) is 10.4. The molecule has 0 aromatic carbocycles. The van der Waals surface area contributed by atoms with Crippen LogP contribution in [-0.4, -0.2) is 19.0 Å². The summed E-state index contributed by atoms with van der Waals surface area (Å²) in [6.07, 6.45) is 3.45. The van der Waals surface area contributed by atoms with Gasteiger partial charge < -0.3 is 9.47 Å². The summed E-state index contributed by atoms with van der Waals surface area (Å²) in [5.41, 5.74) is 0. The third kappa shape index (κ3) is 1.82. The normalized spacial score (nSPS) is 36.9. The molecule has 1 aliphatic carbocycles. The van der Waals surface area contributed by atoms with Crippen molar-refractivity contribution in [2.75, 3.05) is 13.2 Å². The first-order chi connectivity index (χ1) is 6.63. The van der Waals surface area contributed by atoms with Crippen LogP contribution in [0.3, 0.4) is 0 Å². The number of hydrogen-bond donors (Lipinski definition) is 0. The fourth-order valence-corrected chi connectivity index (χ4v) is 2.98. The van der Waals surface area contributed by atoms with E-state index in [4.69, 9.17) is 9.47 Å². The van der Waals surface area contributed by atoms with Crippen molar-refractivity contribution in [3.8, 4) is 0 Å². The Morgan fingerprint density at radius 2 is 1.86 bits per heavy atom. The summed E-state index contributed by atoms with van der Waals surface area (Å²) in [5, 5.41) is 0. The molecule has 2 heteroatoms. The third-order valence-corrected chi connectivity index (χ3v) is 3.93. The first-order valence-electron chi connectivity index (χ1n) is 5.91. The molecule has 0 N–H and O–H groups in total. The molecule has 1 spiro atoms. The van der Waals surface area contributed by atoms with Crippen LogP contribution in [0.4, 0.5) is 0 Å². The highest BCUT2D eigenvalue weighted by Crippen LogP contribution is 2.44. The molecule has 2 rings (SSSR count). The minimum atomic E-state index is -0.193. The van der Waals surface area contributed by atoms with Gasteiger partial charge in [0, 0.05) is 12.8 Å². The largest absolute Gasteiger partial charge is 0.348 e. The van der Waals surface area contributed by atoms with E-state index in [1.807, 2.05) is 0 Å². The highest BCUT2D eigenvalue weighted by molar-refractivity contribution is 4.87. The average molecular weight is 198 g/mol. The molecule has 0 aromatic rings. The van der Waals surface area contributed by atoms with Gasteiger partial charge in [0.1, 0.15) is 0 Å². The molecule has 2 fully saturated rings. The average Bonchev–Trinajstić information content (AvgIpc) is 2.58. The van der Waals surface area contributed by atoms with E-state index in [9.17, 15) is 0 Å². The van der Waals surface area contributed by atoms with E-state index in [0.29, 0.717) is 0 Å². The van der Waals surface area contributed by atoms with Crippen molar-refractivity contribution in [3.63, 3.8) is 0 Å². The Morgan fingerprint density at radius 3 is 2.43 bits per heavy atom. The van der Waals surface area contributed by atoms with Crippen LogP contribution in [0.25, 0.3) is 0 Å². The van der Waals surface area contributed by atoms with E-state index in [2.05, 4.69) is 20.8 Å². The van der Waals surface area contributed by atoms with Gasteiger partial charge in [-0.2, -0.15) is 0 Å². The molecule has 2 unspecified atom stereocenters. The summed E-state index contributed by atoms with van der Waals surface area (Å²) in [5.74, 6) is 2.15. The van der Waals surface area contributed by atoms with Crippen LogP contribution in [0, 0.1) is 17.8 Å².